The van der Waals surface area contributed by atoms with E-state index < -0.39 is 33.3 Å². The lowest BCUT2D eigenvalue weighted by atomic mass is 9.90. The quantitative estimate of drug-likeness (QED) is 0.705. The van der Waals surface area contributed by atoms with Gasteiger partial charge in [-0.05, 0) is 23.8 Å². The predicted octanol–water partition coefficient (Wildman–Crippen LogP) is 4.33. The topological polar surface area (TPSA) is 63.2 Å². The summed E-state index contributed by atoms with van der Waals surface area (Å²) in [6, 6.07) is 11.1. The number of hydrogen-bond acceptors (Lipinski definition) is 4. The van der Waals surface area contributed by atoms with Crippen LogP contribution in [-0.2, 0) is 14.6 Å². The minimum absolute atomic E-state index is 0.0192. The van der Waals surface area contributed by atoms with Gasteiger partial charge in [-0.3, -0.25) is 4.79 Å². The molecule has 1 atom stereocenters. The van der Waals surface area contributed by atoms with Gasteiger partial charge in [0.15, 0.2) is 0 Å². The lowest BCUT2D eigenvalue weighted by Gasteiger charge is -2.24. The van der Waals surface area contributed by atoms with E-state index in [4.69, 9.17) is 0 Å². The molecule has 0 bridgehead atoms. The molecule has 8 heteroatoms. The highest BCUT2D eigenvalue weighted by atomic mass is 32.2. The molecule has 1 aliphatic heterocycles. The minimum atomic E-state index is -3.84. The van der Waals surface area contributed by atoms with Gasteiger partial charge in [-0.15, -0.1) is 11.3 Å². The zero-order valence-electron chi connectivity index (χ0n) is 13.8. The molecule has 0 saturated carbocycles. The van der Waals surface area contributed by atoms with Crippen LogP contribution in [0, 0.1) is 11.6 Å². The first-order chi connectivity index (χ1) is 12.9. The van der Waals surface area contributed by atoms with Gasteiger partial charge >= 0.3 is 0 Å². The molecule has 1 aliphatic rings. The van der Waals surface area contributed by atoms with Crippen molar-refractivity contribution in [3.8, 4) is 0 Å². The van der Waals surface area contributed by atoms with Gasteiger partial charge in [0.05, 0.1) is 10.6 Å². The average Bonchev–Trinajstić information content (AvgIpc) is 3.06. The number of hydrogen-bond donors (Lipinski definition) is 1. The molecule has 4 rings (SSSR count). The van der Waals surface area contributed by atoms with Gasteiger partial charge in [0.2, 0.25) is 15.7 Å². The first-order valence-corrected chi connectivity index (χ1v) is 10.4. The largest absolute Gasteiger partial charge is 0.324 e. The Hall–Kier alpha value is -2.58. The average molecular weight is 405 g/mol. The highest BCUT2D eigenvalue weighted by Gasteiger charge is 2.35. The Morgan fingerprint density at radius 3 is 2.52 bits per heavy atom. The second kappa shape index (κ2) is 6.54. The van der Waals surface area contributed by atoms with Crippen molar-refractivity contribution in [2.75, 3.05) is 5.32 Å². The molecule has 1 aromatic heterocycles. The number of thiophene rings is 1. The number of halogens is 2. The van der Waals surface area contributed by atoms with Crippen molar-refractivity contribution in [1.82, 2.24) is 0 Å². The van der Waals surface area contributed by atoms with E-state index in [9.17, 15) is 22.0 Å². The third-order valence-electron chi connectivity index (χ3n) is 4.44. The maximum absolute atomic E-state index is 14.3. The molecule has 3 aromatic rings. The molecule has 2 aromatic carbocycles. The normalized spacial score (nSPS) is 16.7. The second-order valence-electron chi connectivity index (χ2n) is 6.13. The summed E-state index contributed by atoms with van der Waals surface area (Å²) in [5.41, 5.74) is 0.340. The van der Waals surface area contributed by atoms with Crippen LogP contribution in [0.2, 0.25) is 0 Å². The SMILES string of the molecule is O=C1C[C@@H](c2ccc(F)cc2F)c2scc(S(=O)(=O)c3ccccc3)c2N1. The Kier molecular flexibility index (Phi) is 4.32. The van der Waals surface area contributed by atoms with Crippen molar-refractivity contribution in [3.63, 3.8) is 0 Å². The number of benzene rings is 2. The molecule has 0 fully saturated rings. The molecule has 1 N–H and O–H groups in total. The fourth-order valence-electron chi connectivity index (χ4n) is 3.16. The van der Waals surface area contributed by atoms with Crippen LogP contribution in [0.3, 0.4) is 0 Å². The van der Waals surface area contributed by atoms with Gasteiger partial charge in [0, 0.05) is 28.7 Å². The van der Waals surface area contributed by atoms with Crippen molar-refractivity contribution >= 4 is 32.8 Å². The van der Waals surface area contributed by atoms with Crippen LogP contribution in [0.15, 0.2) is 63.7 Å². The summed E-state index contributed by atoms with van der Waals surface area (Å²) in [7, 11) is -3.84. The molecular weight excluding hydrogens is 392 g/mol. The number of fused-ring (bicyclic) bond motifs is 1. The number of carbonyl (C=O) groups is 1. The molecule has 0 aliphatic carbocycles. The second-order valence-corrected chi connectivity index (χ2v) is 8.96. The van der Waals surface area contributed by atoms with Gasteiger partial charge in [0.25, 0.3) is 0 Å². The van der Waals surface area contributed by atoms with Gasteiger partial charge in [-0.1, -0.05) is 24.3 Å². The Morgan fingerprint density at radius 2 is 1.81 bits per heavy atom. The van der Waals surface area contributed by atoms with Crippen LogP contribution in [0.5, 0.6) is 0 Å². The summed E-state index contributed by atoms with van der Waals surface area (Å²) < 4.78 is 53.4. The summed E-state index contributed by atoms with van der Waals surface area (Å²) in [5, 5.41) is 4.06. The lowest BCUT2D eigenvalue weighted by molar-refractivity contribution is -0.116. The highest BCUT2D eigenvalue weighted by molar-refractivity contribution is 7.91. The van der Waals surface area contributed by atoms with Gasteiger partial charge in [0.1, 0.15) is 16.5 Å². The molecule has 0 radical (unpaired) electrons. The number of anilines is 1. The van der Waals surface area contributed by atoms with Crippen LogP contribution in [-0.4, -0.2) is 14.3 Å². The molecular formula is C19H13F2NO3S2. The number of amides is 1. The van der Waals surface area contributed by atoms with Gasteiger partial charge in [-0.2, -0.15) is 0 Å². The lowest BCUT2D eigenvalue weighted by Crippen LogP contribution is -2.24. The summed E-state index contributed by atoms with van der Waals surface area (Å²) >= 11 is 1.14. The van der Waals surface area contributed by atoms with E-state index in [1.807, 2.05) is 0 Å². The van der Waals surface area contributed by atoms with Crippen molar-refractivity contribution in [2.24, 2.45) is 0 Å². The smallest absolute Gasteiger partial charge is 0.225 e. The molecule has 1 amide bonds. The number of rotatable bonds is 3. The van der Waals surface area contributed by atoms with E-state index in [-0.39, 0.29) is 27.5 Å². The van der Waals surface area contributed by atoms with E-state index in [0.29, 0.717) is 4.88 Å². The summed E-state index contributed by atoms with van der Waals surface area (Å²) in [6.07, 6.45) is -0.0408. The fraction of sp³-hybridized carbons (Fsp3) is 0.105. The molecule has 138 valence electrons. The van der Waals surface area contributed by atoms with E-state index in [1.54, 1.807) is 18.2 Å². The molecule has 4 nitrogen and oxygen atoms in total. The minimum Gasteiger partial charge on any atom is -0.324 e. The van der Waals surface area contributed by atoms with E-state index in [0.717, 1.165) is 23.5 Å². The molecule has 0 spiro atoms. The number of carbonyl (C=O) groups excluding carboxylic acids is 1. The van der Waals surface area contributed by atoms with Crippen molar-refractivity contribution in [1.29, 1.82) is 0 Å². The van der Waals surface area contributed by atoms with Crippen LogP contribution in [0.25, 0.3) is 0 Å². The van der Waals surface area contributed by atoms with Crippen LogP contribution < -0.4 is 5.32 Å². The predicted molar refractivity (Wildman–Crippen MR) is 97.7 cm³/mol. The van der Waals surface area contributed by atoms with Crippen molar-refractivity contribution in [3.05, 3.63) is 76.0 Å². The van der Waals surface area contributed by atoms with Crippen LogP contribution in [0.1, 0.15) is 22.8 Å². The van der Waals surface area contributed by atoms with Crippen LogP contribution in [0.4, 0.5) is 14.5 Å². The van der Waals surface area contributed by atoms with Crippen molar-refractivity contribution < 1.29 is 22.0 Å². The monoisotopic (exact) mass is 405 g/mol. The van der Waals surface area contributed by atoms with E-state index in [2.05, 4.69) is 5.32 Å². The highest BCUT2D eigenvalue weighted by Crippen LogP contribution is 2.46. The van der Waals surface area contributed by atoms with Gasteiger partial charge in [-0.25, -0.2) is 17.2 Å². The fourth-order valence-corrected chi connectivity index (χ4v) is 6.08. The molecule has 0 saturated heterocycles. The maximum atomic E-state index is 14.3. The summed E-state index contributed by atoms with van der Waals surface area (Å²) in [5.74, 6) is -2.56. The Balaban J connectivity index is 1.85. The number of nitrogens with one attached hydrogen (secondary N) is 1. The zero-order valence-corrected chi connectivity index (χ0v) is 15.4. The van der Waals surface area contributed by atoms with E-state index in [1.165, 1.54) is 23.6 Å². The van der Waals surface area contributed by atoms with Gasteiger partial charge < -0.3 is 5.32 Å². The standard InChI is InChI=1S/C19H13F2NO3S2/c20-11-6-7-13(15(21)8-11)14-9-17(23)22-18-16(10-26-19(14)18)27(24,25)12-4-2-1-3-5-12/h1-8,10,14H,9H2,(H,22,23)/t14-/m0/s1. The zero-order chi connectivity index (χ0) is 19.2. The third kappa shape index (κ3) is 3.04. The Labute approximate surface area is 158 Å². The van der Waals surface area contributed by atoms with E-state index >= 15 is 0 Å². The Bertz CT molecular complexity index is 1140. The Morgan fingerprint density at radius 1 is 1.07 bits per heavy atom. The molecule has 27 heavy (non-hydrogen) atoms. The van der Waals surface area contributed by atoms with Crippen LogP contribution >= 0.6 is 11.3 Å². The number of sulfone groups is 1. The summed E-state index contributed by atoms with van der Waals surface area (Å²) in [4.78, 5) is 12.8. The summed E-state index contributed by atoms with van der Waals surface area (Å²) in [6.45, 7) is 0. The molecule has 0 unspecified atom stereocenters. The first-order valence-electron chi connectivity index (χ1n) is 8.04. The third-order valence-corrected chi connectivity index (χ3v) is 7.48. The molecule has 2 heterocycles. The van der Waals surface area contributed by atoms with Crippen molar-refractivity contribution in [2.45, 2.75) is 22.1 Å². The first kappa shape index (κ1) is 17.8. The maximum Gasteiger partial charge on any atom is 0.225 e.